The van der Waals surface area contributed by atoms with E-state index in [-0.39, 0.29) is 12.2 Å². The molecule has 0 unspecified atom stereocenters. The predicted octanol–water partition coefficient (Wildman–Crippen LogP) is 3.52. The fourth-order valence-corrected chi connectivity index (χ4v) is 3.69. The van der Waals surface area contributed by atoms with Gasteiger partial charge in [-0.25, -0.2) is 0 Å². The third kappa shape index (κ3) is 2.35. The summed E-state index contributed by atoms with van der Waals surface area (Å²) in [5, 5.41) is 0.720. The van der Waals surface area contributed by atoms with Gasteiger partial charge in [0.05, 0.1) is 5.69 Å². The minimum absolute atomic E-state index is 0.0151. The highest BCUT2D eigenvalue weighted by atomic mass is 16.7. The molecule has 5 heteroatoms. The largest absolute Gasteiger partial charge is 0.454 e. The summed E-state index contributed by atoms with van der Waals surface area (Å²) in [4.78, 5) is 18.4. The topological polar surface area (TPSA) is 54.6 Å². The summed E-state index contributed by atoms with van der Waals surface area (Å²) < 4.78 is 11.0. The molecule has 0 amide bonds. The summed E-state index contributed by atoms with van der Waals surface area (Å²) in [7, 11) is 0. The van der Waals surface area contributed by atoms with Crippen molar-refractivity contribution in [2.45, 2.75) is 12.8 Å². The van der Waals surface area contributed by atoms with Crippen molar-refractivity contribution in [1.29, 1.82) is 0 Å². The Labute approximate surface area is 144 Å². The first-order valence-electron chi connectivity index (χ1n) is 8.61. The van der Waals surface area contributed by atoms with Gasteiger partial charge in [0.2, 0.25) is 6.79 Å². The van der Waals surface area contributed by atoms with Crippen LogP contribution in [-0.2, 0) is 0 Å². The van der Waals surface area contributed by atoms with Gasteiger partial charge in [-0.15, -0.1) is 0 Å². The summed E-state index contributed by atoms with van der Waals surface area (Å²) in [5.74, 6) is 1.40. The molecule has 1 saturated heterocycles. The number of H-pyrrole nitrogens is 1. The van der Waals surface area contributed by atoms with E-state index in [0.717, 1.165) is 40.9 Å². The summed E-state index contributed by atoms with van der Waals surface area (Å²) in [6.45, 7) is 2.34. The number of aromatic nitrogens is 1. The van der Waals surface area contributed by atoms with Crippen LogP contribution in [0.15, 0.2) is 47.3 Å². The normalized spacial score (nSPS) is 15.9. The standard InChI is InChI=1S/C20H18N2O3/c23-18-11-17(14-4-3-5-19-20(14)25-12-24-19)21-16-7-6-13(10-15(16)18)22-8-1-2-9-22/h3-7,10-11H,1-2,8-9,12H2,(H,21,23). The first kappa shape index (κ1) is 14.4. The van der Waals surface area contributed by atoms with Crippen LogP contribution in [0.25, 0.3) is 22.2 Å². The fraction of sp³-hybridized carbons (Fsp3) is 0.250. The number of para-hydroxylation sites is 1. The van der Waals surface area contributed by atoms with Gasteiger partial charge >= 0.3 is 0 Å². The monoisotopic (exact) mass is 334 g/mol. The van der Waals surface area contributed by atoms with Crippen LogP contribution < -0.4 is 19.8 Å². The van der Waals surface area contributed by atoms with Gasteiger partial charge in [0.15, 0.2) is 16.9 Å². The number of anilines is 1. The van der Waals surface area contributed by atoms with Gasteiger partial charge in [-0.2, -0.15) is 0 Å². The lowest BCUT2D eigenvalue weighted by atomic mass is 10.1. The Kier molecular flexibility index (Phi) is 3.20. The number of fused-ring (bicyclic) bond motifs is 2. The maximum absolute atomic E-state index is 12.7. The molecule has 3 heterocycles. The number of aromatic amines is 1. The van der Waals surface area contributed by atoms with E-state index in [1.165, 1.54) is 12.8 Å². The summed E-state index contributed by atoms with van der Waals surface area (Å²) >= 11 is 0. The van der Waals surface area contributed by atoms with Crippen molar-refractivity contribution < 1.29 is 9.47 Å². The lowest BCUT2D eigenvalue weighted by Gasteiger charge is -2.18. The molecule has 126 valence electrons. The Hall–Kier alpha value is -2.95. The molecule has 2 aliphatic heterocycles. The molecule has 0 aliphatic carbocycles. The zero-order chi connectivity index (χ0) is 16.8. The second-order valence-electron chi connectivity index (χ2n) is 6.51. The van der Waals surface area contributed by atoms with E-state index in [0.29, 0.717) is 11.5 Å². The molecule has 0 radical (unpaired) electrons. The first-order valence-corrected chi connectivity index (χ1v) is 8.61. The lowest BCUT2D eigenvalue weighted by molar-refractivity contribution is 0.174. The molecule has 1 aromatic heterocycles. The van der Waals surface area contributed by atoms with Crippen LogP contribution in [0.1, 0.15) is 12.8 Å². The van der Waals surface area contributed by atoms with Crippen molar-refractivity contribution in [3.05, 3.63) is 52.7 Å². The number of benzene rings is 2. The Morgan fingerprint density at radius 2 is 1.88 bits per heavy atom. The van der Waals surface area contributed by atoms with E-state index in [1.807, 2.05) is 30.3 Å². The number of rotatable bonds is 2. The zero-order valence-electron chi connectivity index (χ0n) is 13.7. The van der Waals surface area contributed by atoms with Crippen LogP contribution in [0.5, 0.6) is 11.5 Å². The van der Waals surface area contributed by atoms with E-state index in [1.54, 1.807) is 6.07 Å². The lowest BCUT2D eigenvalue weighted by Crippen LogP contribution is -2.17. The van der Waals surface area contributed by atoms with Crippen molar-refractivity contribution in [3.63, 3.8) is 0 Å². The van der Waals surface area contributed by atoms with Gasteiger partial charge in [-0.05, 0) is 43.2 Å². The predicted molar refractivity (Wildman–Crippen MR) is 97.6 cm³/mol. The highest BCUT2D eigenvalue weighted by molar-refractivity contribution is 5.86. The fourth-order valence-electron chi connectivity index (χ4n) is 3.69. The molecule has 2 aliphatic rings. The Bertz CT molecular complexity index is 1020. The number of nitrogens with one attached hydrogen (secondary N) is 1. The number of hydrogen-bond acceptors (Lipinski definition) is 4. The van der Waals surface area contributed by atoms with E-state index >= 15 is 0 Å². The molecule has 0 saturated carbocycles. The quantitative estimate of drug-likeness (QED) is 0.779. The molecular weight excluding hydrogens is 316 g/mol. The third-order valence-corrected chi connectivity index (χ3v) is 4.97. The minimum atomic E-state index is 0.0151. The SMILES string of the molecule is O=c1cc(-c2cccc3c2OCO3)[nH]c2ccc(N3CCCC3)cc12. The van der Waals surface area contributed by atoms with Crippen molar-refractivity contribution in [1.82, 2.24) is 4.98 Å². The minimum Gasteiger partial charge on any atom is -0.454 e. The summed E-state index contributed by atoms with van der Waals surface area (Å²) in [5.41, 5.74) is 3.57. The van der Waals surface area contributed by atoms with E-state index in [9.17, 15) is 4.79 Å². The average molecular weight is 334 g/mol. The highest BCUT2D eigenvalue weighted by Crippen LogP contribution is 2.40. The number of nitrogens with zero attached hydrogens (tertiary/aromatic N) is 1. The second kappa shape index (κ2) is 5.55. The van der Waals surface area contributed by atoms with Crippen LogP contribution in [0.4, 0.5) is 5.69 Å². The number of hydrogen-bond donors (Lipinski definition) is 1. The van der Waals surface area contributed by atoms with Crippen LogP contribution >= 0.6 is 0 Å². The average Bonchev–Trinajstić information content (AvgIpc) is 3.32. The Balaban J connectivity index is 1.63. The molecule has 1 N–H and O–H groups in total. The van der Waals surface area contributed by atoms with Gasteiger partial charge in [0.1, 0.15) is 0 Å². The van der Waals surface area contributed by atoms with Gasteiger partial charge in [-0.3, -0.25) is 4.79 Å². The zero-order valence-corrected chi connectivity index (χ0v) is 13.7. The smallest absolute Gasteiger partial charge is 0.231 e. The van der Waals surface area contributed by atoms with Crippen LogP contribution in [0.2, 0.25) is 0 Å². The Morgan fingerprint density at radius 1 is 1.00 bits per heavy atom. The molecule has 0 atom stereocenters. The molecule has 25 heavy (non-hydrogen) atoms. The summed E-state index contributed by atoms with van der Waals surface area (Å²) in [6, 6.07) is 13.4. The first-order chi connectivity index (χ1) is 12.3. The molecule has 1 fully saturated rings. The second-order valence-corrected chi connectivity index (χ2v) is 6.51. The van der Waals surface area contributed by atoms with E-state index in [2.05, 4.69) is 16.0 Å². The van der Waals surface area contributed by atoms with Crippen LogP contribution in [0.3, 0.4) is 0 Å². The van der Waals surface area contributed by atoms with Crippen LogP contribution in [-0.4, -0.2) is 24.9 Å². The maximum Gasteiger partial charge on any atom is 0.231 e. The molecule has 3 aromatic rings. The summed E-state index contributed by atoms with van der Waals surface area (Å²) in [6.07, 6.45) is 2.43. The molecule has 0 spiro atoms. The highest BCUT2D eigenvalue weighted by Gasteiger charge is 2.19. The van der Waals surface area contributed by atoms with E-state index in [4.69, 9.17) is 9.47 Å². The molecule has 5 nitrogen and oxygen atoms in total. The van der Waals surface area contributed by atoms with Gasteiger partial charge < -0.3 is 19.4 Å². The molecular formula is C20H18N2O3. The van der Waals surface area contributed by atoms with Gasteiger partial charge in [0, 0.05) is 41.3 Å². The maximum atomic E-state index is 12.7. The van der Waals surface area contributed by atoms with Crippen molar-refractivity contribution in [2.75, 3.05) is 24.8 Å². The van der Waals surface area contributed by atoms with E-state index < -0.39 is 0 Å². The third-order valence-electron chi connectivity index (χ3n) is 4.97. The van der Waals surface area contributed by atoms with Crippen LogP contribution in [0, 0.1) is 0 Å². The number of pyridine rings is 1. The van der Waals surface area contributed by atoms with Gasteiger partial charge in [-0.1, -0.05) is 6.07 Å². The molecule has 0 bridgehead atoms. The van der Waals surface area contributed by atoms with Gasteiger partial charge in [0.25, 0.3) is 0 Å². The molecule has 5 rings (SSSR count). The number of ether oxygens (including phenoxy) is 2. The Morgan fingerprint density at radius 3 is 2.76 bits per heavy atom. The van der Waals surface area contributed by atoms with Crippen molar-refractivity contribution in [2.24, 2.45) is 0 Å². The molecule has 2 aromatic carbocycles. The van der Waals surface area contributed by atoms with Crippen molar-refractivity contribution >= 4 is 16.6 Å². The van der Waals surface area contributed by atoms with Crippen molar-refractivity contribution in [3.8, 4) is 22.8 Å².